The number of halogens is 2. The molecule has 0 saturated carbocycles. The molecule has 1 N–H and O–H groups in total. The highest BCUT2D eigenvalue weighted by atomic mass is 35.5. The monoisotopic (exact) mass is 292 g/mol. The van der Waals surface area contributed by atoms with Crippen molar-refractivity contribution < 1.29 is 4.79 Å². The summed E-state index contributed by atoms with van der Waals surface area (Å²) in [5, 5.41) is 3.70. The van der Waals surface area contributed by atoms with Gasteiger partial charge in [0.2, 0.25) is 5.91 Å². The second-order valence-corrected chi connectivity index (χ2v) is 4.51. The maximum absolute atomic E-state index is 11.7. The van der Waals surface area contributed by atoms with Crippen molar-refractivity contribution in [1.82, 2.24) is 4.98 Å². The summed E-state index contributed by atoms with van der Waals surface area (Å²) in [7, 11) is 0. The topological polar surface area (TPSA) is 42.0 Å². The highest BCUT2D eigenvalue weighted by molar-refractivity contribution is 6.37. The maximum Gasteiger partial charge on any atom is 0.248 e. The van der Waals surface area contributed by atoms with Gasteiger partial charge in [-0.15, -0.1) is 0 Å². The number of hydrogen-bond acceptors (Lipinski definition) is 2. The zero-order valence-corrected chi connectivity index (χ0v) is 11.3. The van der Waals surface area contributed by atoms with E-state index in [1.165, 1.54) is 6.08 Å². The van der Waals surface area contributed by atoms with Crippen LogP contribution in [0.1, 0.15) is 5.56 Å². The van der Waals surface area contributed by atoms with Crippen molar-refractivity contribution >= 4 is 40.9 Å². The van der Waals surface area contributed by atoms with Crippen molar-refractivity contribution in [1.29, 1.82) is 0 Å². The number of nitrogens with zero attached hydrogens (tertiary/aromatic N) is 1. The van der Waals surface area contributed by atoms with Crippen LogP contribution in [0.15, 0.2) is 48.8 Å². The Bertz CT molecular complexity index is 592. The number of benzene rings is 1. The van der Waals surface area contributed by atoms with Crippen LogP contribution < -0.4 is 5.32 Å². The molecule has 0 unspecified atom stereocenters. The third kappa shape index (κ3) is 3.81. The summed E-state index contributed by atoms with van der Waals surface area (Å²) >= 11 is 12.0. The Morgan fingerprint density at radius 1 is 1.11 bits per heavy atom. The summed E-state index contributed by atoms with van der Waals surface area (Å²) in [4.78, 5) is 15.6. The van der Waals surface area contributed by atoms with E-state index >= 15 is 0 Å². The van der Waals surface area contributed by atoms with Gasteiger partial charge in [0, 0.05) is 39.8 Å². The van der Waals surface area contributed by atoms with Gasteiger partial charge in [-0.1, -0.05) is 29.3 Å². The number of hydrogen-bond donors (Lipinski definition) is 1. The number of carbonyl (C=O) groups is 1. The zero-order valence-electron chi connectivity index (χ0n) is 9.81. The van der Waals surface area contributed by atoms with E-state index < -0.39 is 0 Å². The first kappa shape index (κ1) is 13.6. The van der Waals surface area contributed by atoms with Crippen molar-refractivity contribution in [2.45, 2.75) is 0 Å². The van der Waals surface area contributed by atoms with E-state index in [0.29, 0.717) is 21.3 Å². The predicted molar refractivity (Wildman–Crippen MR) is 78.4 cm³/mol. The summed E-state index contributed by atoms with van der Waals surface area (Å²) < 4.78 is 0. The molecule has 1 aromatic carbocycles. The van der Waals surface area contributed by atoms with Crippen LogP contribution in [0.3, 0.4) is 0 Å². The highest BCUT2D eigenvalue weighted by Gasteiger charge is 2.02. The van der Waals surface area contributed by atoms with E-state index in [1.807, 2.05) is 0 Å². The molecule has 0 bridgehead atoms. The highest BCUT2D eigenvalue weighted by Crippen LogP contribution is 2.25. The van der Waals surface area contributed by atoms with E-state index in [-0.39, 0.29) is 5.91 Å². The Balaban J connectivity index is 2.09. The van der Waals surface area contributed by atoms with Crippen LogP contribution in [0, 0.1) is 0 Å². The van der Waals surface area contributed by atoms with E-state index in [2.05, 4.69) is 10.3 Å². The first-order chi connectivity index (χ1) is 9.16. The van der Waals surface area contributed by atoms with Crippen molar-refractivity contribution in [3.05, 3.63) is 64.4 Å². The molecule has 1 heterocycles. The molecule has 1 aromatic heterocycles. The first-order valence-corrected chi connectivity index (χ1v) is 6.25. The summed E-state index contributed by atoms with van der Waals surface area (Å²) in [5.41, 5.74) is 1.30. The van der Waals surface area contributed by atoms with E-state index in [4.69, 9.17) is 23.2 Å². The first-order valence-electron chi connectivity index (χ1n) is 5.50. The van der Waals surface area contributed by atoms with E-state index in [9.17, 15) is 4.79 Å². The number of pyridine rings is 1. The molecule has 2 aromatic rings. The average Bonchev–Trinajstić information content (AvgIpc) is 2.39. The van der Waals surface area contributed by atoms with Crippen LogP contribution in [0.4, 0.5) is 5.69 Å². The Morgan fingerprint density at radius 2 is 1.74 bits per heavy atom. The minimum absolute atomic E-state index is 0.262. The lowest BCUT2D eigenvalue weighted by molar-refractivity contribution is -0.111. The van der Waals surface area contributed by atoms with Crippen LogP contribution in [0.25, 0.3) is 6.08 Å². The molecule has 19 heavy (non-hydrogen) atoms. The maximum atomic E-state index is 11.7. The third-order valence-electron chi connectivity index (χ3n) is 2.35. The lowest BCUT2D eigenvalue weighted by Crippen LogP contribution is -2.07. The molecule has 5 heteroatoms. The Hall–Kier alpha value is -1.84. The molecule has 0 aliphatic rings. The quantitative estimate of drug-likeness (QED) is 0.868. The van der Waals surface area contributed by atoms with Gasteiger partial charge < -0.3 is 5.32 Å². The fraction of sp³-hybridized carbons (Fsp3) is 0. The minimum atomic E-state index is -0.262. The van der Waals surface area contributed by atoms with Gasteiger partial charge in [-0.3, -0.25) is 9.78 Å². The van der Waals surface area contributed by atoms with Crippen molar-refractivity contribution in [3.8, 4) is 0 Å². The van der Waals surface area contributed by atoms with E-state index in [1.54, 1.807) is 48.8 Å². The summed E-state index contributed by atoms with van der Waals surface area (Å²) in [6.45, 7) is 0. The SMILES string of the molecule is O=C(/C=C/c1c(Cl)cccc1Cl)Nc1ccncc1. The van der Waals surface area contributed by atoms with Gasteiger partial charge in [0.05, 0.1) is 0 Å². The number of anilines is 1. The molecule has 3 nitrogen and oxygen atoms in total. The largest absolute Gasteiger partial charge is 0.322 e. The van der Waals surface area contributed by atoms with Crippen LogP contribution >= 0.6 is 23.2 Å². The van der Waals surface area contributed by atoms with Crippen LogP contribution in [0.5, 0.6) is 0 Å². The Morgan fingerprint density at radius 3 is 2.37 bits per heavy atom. The fourth-order valence-corrected chi connectivity index (χ4v) is 1.97. The van der Waals surface area contributed by atoms with Gasteiger partial charge in [0.1, 0.15) is 0 Å². The molecule has 0 aliphatic heterocycles. The number of aromatic nitrogens is 1. The van der Waals surface area contributed by atoms with Gasteiger partial charge in [-0.25, -0.2) is 0 Å². The smallest absolute Gasteiger partial charge is 0.248 e. The molecule has 0 saturated heterocycles. The fourth-order valence-electron chi connectivity index (χ4n) is 1.45. The molecule has 2 rings (SSSR count). The minimum Gasteiger partial charge on any atom is -0.322 e. The third-order valence-corrected chi connectivity index (χ3v) is 3.01. The van der Waals surface area contributed by atoms with Gasteiger partial charge >= 0.3 is 0 Å². The Labute approximate surface area is 120 Å². The summed E-state index contributed by atoms with van der Waals surface area (Å²) in [5.74, 6) is -0.262. The predicted octanol–water partition coefficient (Wildman–Crippen LogP) is 4.04. The van der Waals surface area contributed by atoms with Crippen molar-refractivity contribution in [2.75, 3.05) is 5.32 Å². The van der Waals surface area contributed by atoms with Crippen LogP contribution in [-0.2, 0) is 4.79 Å². The lowest BCUT2D eigenvalue weighted by Gasteiger charge is -2.02. The second kappa shape index (κ2) is 6.36. The normalized spacial score (nSPS) is 10.6. The summed E-state index contributed by atoms with van der Waals surface area (Å²) in [6, 6.07) is 8.59. The average molecular weight is 293 g/mol. The van der Waals surface area contributed by atoms with E-state index in [0.717, 1.165) is 0 Å². The zero-order chi connectivity index (χ0) is 13.7. The Kier molecular flexibility index (Phi) is 4.55. The van der Waals surface area contributed by atoms with Crippen LogP contribution in [0.2, 0.25) is 10.0 Å². The number of rotatable bonds is 3. The standard InChI is InChI=1S/C14H10Cl2N2O/c15-12-2-1-3-13(16)11(12)4-5-14(19)18-10-6-8-17-9-7-10/h1-9H,(H,17,18,19)/b5-4+. The molecule has 0 aliphatic carbocycles. The molecule has 0 spiro atoms. The van der Waals surface area contributed by atoms with Crippen molar-refractivity contribution in [2.24, 2.45) is 0 Å². The molecule has 0 radical (unpaired) electrons. The molecular formula is C14H10Cl2N2O. The van der Waals surface area contributed by atoms with Gasteiger partial charge in [0.25, 0.3) is 0 Å². The molecule has 96 valence electrons. The molecule has 1 amide bonds. The van der Waals surface area contributed by atoms with Crippen LogP contribution in [-0.4, -0.2) is 10.9 Å². The molecule has 0 fully saturated rings. The number of nitrogens with one attached hydrogen (secondary N) is 1. The lowest BCUT2D eigenvalue weighted by atomic mass is 10.2. The second-order valence-electron chi connectivity index (χ2n) is 3.69. The number of carbonyl (C=O) groups excluding carboxylic acids is 1. The van der Waals surface area contributed by atoms with Gasteiger partial charge in [0.15, 0.2) is 0 Å². The molecule has 0 atom stereocenters. The van der Waals surface area contributed by atoms with Gasteiger partial charge in [-0.2, -0.15) is 0 Å². The van der Waals surface area contributed by atoms with Crippen molar-refractivity contribution in [3.63, 3.8) is 0 Å². The molecular weight excluding hydrogens is 283 g/mol. The summed E-state index contributed by atoms with van der Waals surface area (Å²) in [6.07, 6.45) is 6.17. The number of amides is 1. The van der Waals surface area contributed by atoms with Gasteiger partial charge in [-0.05, 0) is 30.3 Å².